The molecule has 2 aromatic rings. The average Bonchev–Trinajstić information content (AvgIpc) is 2.99. The van der Waals surface area contributed by atoms with Crippen molar-refractivity contribution in [3.63, 3.8) is 0 Å². The summed E-state index contributed by atoms with van der Waals surface area (Å²) in [5, 5.41) is 0.824. The van der Waals surface area contributed by atoms with Gasteiger partial charge in [-0.3, -0.25) is 0 Å². The van der Waals surface area contributed by atoms with E-state index in [0.29, 0.717) is 0 Å². The van der Waals surface area contributed by atoms with E-state index in [4.69, 9.17) is 11.6 Å². The Labute approximate surface area is 211 Å². The van der Waals surface area contributed by atoms with Crippen LogP contribution in [0.1, 0.15) is 86.5 Å². The Morgan fingerprint density at radius 2 is 1.55 bits per heavy atom. The third-order valence-corrected chi connectivity index (χ3v) is 8.07. The van der Waals surface area contributed by atoms with Crippen molar-refractivity contribution in [1.82, 2.24) is 4.90 Å². The van der Waals surface area contributed by atoms with E-state index in [1.165, 1.54) is 98.8 Å². The zero-order chi connectivity index (χ0) is 21.8. The first kappa shape index (κ1) is 24.6. The van der Waals surface area contributed by atoms with Gasteiger partial charge in [0.15, 0.2) is 0 Å². The van der Waals surface area contributed by atoms with Crippen LogP contribution < -0.4 is 0 Å². The van der Waals surface area contributed by atoms with Crippen LogP contribution >= 0.6 is 24.0 Å². The predicted octanol–water partition coefficient (Wildman–Crippen LogP) is 8.89. The summed E-state index contributed by atoms with van der Waals surface area (Å²) in [6, 6.07) is 15.2. The Bertz CT molecular complexity index is 990. The largest absolute Gasteiger partial charge is 0.303 e. The van der Waals surface area contributed by atoms with E-state index in [1.54, 1.807) is 5.57 Å². The minimum absolute atomic E-state index is 0. The number of halogens is 2. The summed E-state index contributed by atoms with van der Waals surface area (Å²) in [6.07, 6.45) is 18.5. The molecule has 1 heterocycles. The van der Waals surface area contributed by atoms with Crippen molar-refractivity contribution >= 4 is 41.7 Å². The molecule has 0 N–H and O–H groups in total. The SMILES string of the molecule is Cl.Clc1ccc2c(c1)C(=C1CCN(CCCCC3CCCCC3)CC1)c1ccccc1C=C2. The second kappa shape index (κ2) is 11.7. The summed E-state index contributed by atoms with van der Waals surface area (Å²) in [5.74, 6) is 1.03. The van der Waals surface area contributed by atoms with Crippen LogP contribution in [0, 0.1) is 5.92 Å². The van der Waals surface area contributed by atoms with Crippen LogP contribution in [0.5, 0.6) is 0 Å². The van der Waals surface area contributed by atoms with Gasteiger partial charge in [0.2, 0.25) is 0 Å². The Morgan fingerprint density at radius 3 is 2.33 bits per heavy atom. The fourth-order valence-electron chi connectivity index (χ4n) is 6.01. The monoisotopic (exact) mass is 481 g/mol. The average molecular weight is 483 g/mol. The molecule has 1 nitrogen and oxygen atoms in total. The first-order valence-corrected chi connectivity index (χ1v) is 13.2. The normalized spacial score (nSPS) is 18.9. The summed E-state index contributed by atoms with van der Waals surface area (Å²) < 4.78 is 0. The van der Waals surface area contributed by atoms with Crippen molar-refractivity contribution in [2.75, 3.05) is 19.6 Å². The van der Waals surface area contributed by atoms with Crippen molar-refractivity contribution in [1.29, 1.82) is 0 Å². The number of nitrogens with zero attached hydrogens (tertiary/aromatic N) is 1. The summed E-state index contributed by atoms with van der Waals surface area (Å²) in [4.78, 5) is 2.70. The maximum atomic E-state index is 6.46. The molecule has 1 aliphatic heterocycles. The van der Waals surface area contributed by atoms with E-state index in [0.717, 1.165) is 23.8 Å². The third kappa shape index (κ3) is 5.94. The molecular formula is C30H37Cl2N. The van der Waals surface area contributed by atoms with E-state index >= 15 is 0 Å². The zero-order valence-corrected chi connectivity index (χ0v) is 21.3. The molecule has 3 heteroatoms. The standard InChI is InChI=1S/C30H36ClN.ClH/c31-27-16-15-25-14-13-24-11-4-5-12-28(24)30(29(25)22-27)26-17-20-32(21-18-26)19-7-6-10-23-8-2-1-3-9-23;/h4-5,11-16,22-23H,1-3,6-10,17-21H2;1H. The highest BCUT2D eigenvalue weighted by Gasteiger charge is 2.23. The maximum Gasteiger partial charge on any atom is 0.0412 e. The van der Waals surface area contributed by atoms with Crippen molar-refractivity contribution in [2.45, 2.75) is 64.2 Å². The van der Waals surface area contributed by atoms with Gasteiger partial charge in [-0.1, -0.05) is 105 Å². The summed E-state index contributed by atoms with van der Waals surface area (Å²) in [6.45, 7) is 3.65. The number of benzene rings is 2. The minimum Gasteiger partial charge on any atom is -0.303 e. The van der Waals surface area contributed by atoms with Gasteiger partial charge in [-0.2, -0.15) is 0 Å². The fourth-order valence-corrected chi connectivity index (χ4v) is 6.18. The van der Waals surface area contributed by atoms with Crippen LogP contribution in [-0.2, 0) is 0 Å². The molecule has 2 aliphatic carbocycles. The minimum atomic E-state index is 0. The lowest BCUT2D eigenvalue weighted by Crippen LogP contribution is -2.32. The lowest BCUT2D eigenvalue weighted by molar-refractivity contribution is 0.244. The summed E-state index contributed by atoms with van der Waals surface area (Å²) in [5.41, 5.74) is 8.28. The lowest BCUT2D eigenvalue weighted by Gasteiger charge is -2.31. The quantitative estimate of drug-likeness (QED) is 0.328. The molecule has 1 saturated heterocycles. The highest BCUT2D eigenvalue weighted by Crippen LogP contribution is 2.39. The van der Waals surface area contributed by atoms with Gasteiger partial charge in [-0.05, 0) is 71.7 Å². The number of hydrogen-bond donors (Lipinski definition) is 0. The van der Waals surface area contributed by atoms with Crippen molar-refractivity contribution in [3.8, 4) is 0 Å². The highest BCUT2D eigenvalue weighted by molar-refractivity contribution is 6.30. The summed E-state index contributed by atoms with van der Waals surface area (Å²) >= 11 is 6.46. The number of piperidine rings is 1. The first-order chi connectivity index (χ1) is 15.8. The second-order valence-corrected chi connectivity index (χ2v) is 10.4. The molecule has 0 amide bonds. The maximum absolute atomic E-state index is 6.46. The fraction of sp³-hybridized carbons (Fsp3) is 0.467. The second-order valence-electron chi connectivity index (χ2n) is 9.97. The van der Waals surface area contributed by atoms with Crippen molar-refractivity contribution in [2.24, 2.45) is 5.92 Å². The number of hydrogen-bond acceptors (Lipinski definition) is 1. The molecule has 0 aromatic heterocycles. The van der Waals surface area contributed by atoms with Gasteiger partial charge in [0.05, 0.1) is 0 Å². The van der Waals surface area contributed by atoms with Crippen LogP contribution in [0.2, 0.25) is 5.02 Å². The van der Waals surface area contributed by atoms with Crippen molar-refractivity contribution < 1.29 is 0 Å². The molecule has 176 valence electrons. The van der Waals surface area contributed by atoms with Gasteiger partial charge in [0.25, 0.3) is 0 Å². The van der Waals surface area contributed by atoms with Crippen molar-refractivity contribution in [3.05, 3.63) is 75.3 Å². The van der Waals surface area contributed by atoms with Gasteiger partial charge < -0.3 is 4.90 Å². The topological polar surface area (TPSA) is 3.24 Å². The molecule has 2 fully saturated rings. The Balaban J connectivity index is 0.00000259. The molecule has 0 spiro atoms. The van der Waals surface area contributed by atoms with E-state index < -0.39 is 0 Å². The number of rotatable bonds is 5. The van der Waals surface area contributed by atoms with E-state index in [1.807, 2.05) is 6.07 Å². The van der Waals surface area contributed by atoms with Gasteiger partial charge in [0.1, 0.15) is 0 Å². The number of unbranched alkanes of at least 4 members (excludes halogenated alkanes) is 1. The van der Waals surface area contributed by atoms with Gasteiger partial charge in [-0.15, -0.1) is 12.4 Å². The molecule has 1 saturated carbocycles. The number of fused-ring (bicyclic) bond motifs is 2. The van der Waals surface area contributed by atoms with Crippen LogP contribution in [0.4, 0.5) is 0 Å². The molecular weight excluding hydrogens is 445 g/mol. The Morgan fingerprint density at radius 1 is 0.818 bits per heavy atom. The Kier molecular flexibility index (Phi) is 8.74. The Hall–Kier alpha value is -1.54. The first-order valence-electron chi connectivity index (χ1n) is 12.8. The predicted molar refractivity (Wildman–Crippen MR) is 146 cm³/mol. The molecule has 5 rings (SSSR count). The zero-order valence-electron chi connectivity index (χ0n) is 19.7. The van der Waals surface area contributed by atoms with Crippen LogP contribution in [0.3, 0.4) is 0 Å². The molecule has 3 aliphatic rings. The summed E-state index contributed by atoms with van der Waals surface area (Å²) in [7, 11) is 0. The third-order valence-electron chi connectivity index (χ3n) is 7.83. The lowest BCUT2D eigenvalue weighted by atomic mass is 9.85. The number of likely N-dealkylation sites (tertiary alicyclic amines) is 1. The molecule has 0 unspecified atom stereocenters. The van der Waals surface area contributed by atoms with Crippen LogP contribution in [0.15, 0.2) is 48.0 Å². The van der Waals surface area contributed by atoms with Gasteiger partial charge in [0, 0.05) is 18.1 Å². The van der Waals surface area contributed by atoms with Crippen LogP contribution in [0.25, 0.3) is 17.7 Å². The molecule has 33 heavy (non-hydrogen) atoms. The molecule has 0 atom stereocenters. The molecule has 0 radical (unpaired) electrons. The smallest absolute Gasteiger partial charge is 0.0412 e. The van der Waals surface area contributed by atoms with Gasteiger partial charge in [-0.25, -0.2) is 0 Å². The van der Waals surface area contributed by atoms with Crippen LogP contribution in [-0.4, -0.2) is 24.5 Å². The van der Waals surface area contributed by atoms with Gasteiger partial charge >= 0.3 is 0 Å². The highest BCUT2D eigenvalue weighted by atomic mass is 35.5. The van der Waals surface area contributed by atoms with E-state index in [9.17, 15) is 0 Å². The van der Waals surface area contributed by atoms with E-state index in [2.05, 4.69) is 53.5 Å². The molecule has 2 aromatic carbocycles. The van der Waals surface area contributed by atoms with E-state index in [-0.39, 0.29) is 12.4 Å². The molecule has 0 bridgehead atoms.